The van der Waals surface area contributed by atoms with Crippen LogP contribution in [0.2, 0.25) is 0 Å². The maximum Gasteiger partial charge on any atom is 0.255 e. The van der Waals surface area contributed by atoms with Gasteiger partial charge in [-0.25, -0.2) is 0 Å². The van der Waals surface area contributed by atoms with Gasteiger partial charge < -0.3 is 4.90 Å². The van der Waals surface area contributed by atoms with E-state index in [-0.39, 0.29) is 11.9 Å². The van der Waals surface area contributed by atoms with Crippen molar-refractivity contribution in [1.82, 2.24) is 24.9 Å². The molecule has 0 bridgehead atoms. The van der Waals surface area contributed by atoms with Crippen LogP contribution in [0.1, 0.15) is 29.3 Å². The highest BCUT2D eigenvalue weighted by Gasteiger charge is 2.34. The van der Waals surface area contributed by atoms with Crippen molar-refractivity contribution in [2.75, 3.05) is 6.54 Å². The Labute approximate surface area is 179 Å². The van der Waals surface area contributed by atoms with E-state index in [4.69, 9.17) is 0 Å². The van der Waals surface area contributed by atoms with Gasteiger partial charge >= 0.3 is 0 Å². The fraction of sp³-hybridized carbons (Fsp3) is 0.250. The Balaban J connectivity index is 1.34. The summed E-state index contributed by atoms with van der Waals surface area (Å²) in [5, 5.41) is 21.9. The number of nitriles is 1. The molecule has 7 heteroatoms. The van der Waals surface area contributed by atoms with E-state index < -0.39 is 0 Å². The number of likely N-dealkylation sites (tertiary alicyclic amines) is 1. The summed E-state index contributed by atoms with van der Waals surface area (Å²) < 4.78 is 2.03. The Morgan fingerprint density at radius 1 is 1.23 bits per heavy atom. The summed E-state index contributed by atoms with van der Waals surface area (Å²) in [6.07, 6.45) is 6.49. The van der Waals surface area contributed by atoms with Crippen LogP contribution in [0.3, 0.4) is 0 Å². The maximum absolute atomic E-state index is 13.1. The quantitative estimate of drug-likeness (QED) is 0.553. The van der Waals surface area contributed by atoms with Crippen molar-refractivity contribution in [3.63, 3.8) is 0 Å². The van der Waals surface area contributed by atoms with E-state index in [1.54, 1.807) is 24.3 Å². The molecule has 31 heavy (non-hydrogen) atoms. The second-order valence-corrected chi connectivity index (χ2v) is 8.15. The van der Waals surface area contributed by atoms with E-state index in [2.05, 4.69) is 46.5 Å². The van der Waals surface area contributed by atoms with Crippen molar-refractivity contribution in [1.29, 1.82) is 5.26 Å². The molecule has 1 amide bonds. The normalized spacial score (nSPS) is 18.4. The predicted octanol–water partition coefficient (Wildman–Crippen LogP) is 3.85. The molecule has 154 valence electrons. The van der Waals surface area contributed by atoms with Gasteiger partial charge in [0.2, 0.25) is 0 Å². The number of rotatable bonds is 4. The van der Waals surface area contributed by atoms with Gasteiger partial charge in [0.05, 0.1) is 35.1 Å². The van der Waals surface area contributed by atoms with Crippen molar-refractivity contribution in [3.05, 3.63) is 72.2 Å². The molecule has 1 saturated heterocycles. The molecule has 5 rings (SSSR count). The zero-order valence-electron chi connectivity index (χ0n) is 17.2. The lowest BCUT2D eigenvalue weighted by molar-refractivity contribution is 0.0741. The molecule has 1 unspecified atom stereocenters. The van der Waals surface area contributed by atoms with E-state index in [1.807, 2.05) is 28.2 Å². The SMILES string of the molecule is C[C@@H]1CC(Cn2ncc3cc(-c4cn[nH]c4)ccc32)CN1C(=O)c1ccccc1C#N. The molecule has 2 atom stereocenters. The van der Waals surface area contributed by atoms with Crippen LogP contribution in [0.15, 0.2) is 61.1 Å². The highest BCUT2D eigenvalue weighted by Crippen LogP contribution is 2.29. The Hall–Kier alpha value is -3.92. The Morgan fingerprint density at radius 2 is 2.10 bits per heavy atom. The number of H-pyrrole nitrogens is 1. The number of carbonyl (C=O) groups excluding carboxylic acids is 1. The molecule has 2 aromatic heterocycles. The summed E-state index contributed by atoms with van der Waals surface area (Å²) in [6.45, 7) is 3.49. The van der Waals surface area contributed by atoms with E-state index in [0.29, 0.717) is 23.6 Å². The standard InChI is InChI=1S/C24H22N6O/c1-16-8-17(14-29(16)24(31)22-5-3-2-4-19(22)10-25)15-30-23-7-6-18(9-20(23)13-28-30)21-11-26-27-12-21/h2-7,9,11-13,16-17H,8,14-15H2,1H3,(H,26,27)/t16-,17?/m1/s1. The van der Waals surface area contributed by atoms with Gasteiger partial charge in [-0.05, 0) is 49.1 Å². The molecule has 3 heterocycles. The lowest BCUT2D eigenvalue weighted by Crippen LogP contribution is -2.34. The molecule has 0 radical (unpaired) electrons. The molecule has 4 aromatic rings. The van der Waals surface area contributed by atoms with Gasteiger partial charge in [-0.15, -0.1) is 0 Å². The molecule has 1 fully saturated rings. The topological polar surface area (TPSA) is 90.6 Å². The first-order valence-corrected chi connectivity index (χ1v) is 10.4. The molecule has 2 aromatic carbocycles. The van der Waals surface area contributed by atoms with Crippen molar-refractivity contribution < 1.29 is 4.79 Å². The molecule has 1 aliphatic rings. The predicted molar refractivity (Wildman–Crippen MR) is 117 cm³/mol. The molecule has 1 N–H and O–H groups in total. The maximum atomic E-state index is 13.1. The van der Waals surface area contributed by atoms with E-state index in [1.165, 1.54) is 0 Å². The number of nitrogens with one attached hydrogen (secondary N) is 1. The van der Waals surface area contributed by atoms with E-state index >= 15 is 0 Å². The third-order valence-electron chi connectivity index (χ3n) is 6.10. The first-order valence-electron chi connectivity index (χ1n) is 10.4. The molecule has 1 aliphatic heterocycles. The van der Waals surface area contributed by atoms with Crippen molar-refractivity contribution in [3.8, 4) is 17.2 Å². The van der Waals surface area contributed by atoms with Crippen molar-refractivity contribution >= 4 is 16.8 Å². The monoisotopic (exact) mass is 410 g/mol. The van der Waals surface area contributed by atoms with Gasteiger partial charge in [0, 0.05) is 36.3 Å². The minimum Gasteiger partial charge on any atom is -0.336 e. The summed E-state index contributed by atoms with van der Waals surface area (Å²) in [7, 11) is 0. The molecule has 7 nitrogen and oxygen atoms in total. The number of nitrogens with zero attached hydrogens (tertiary/aromatic N) is 5. The smallest absolute Gasteiger partial charge is 0.255 e. The van der Waals surface area contributed by atoms with Gasteiger partial charge in [0.15, 0.2) is 0 Å². The Morgan fingerprint density at radius 3 is 2.90 bits per heavy atom. The molecular formula is C24H22N6O. The van der Waals surface area contributed by atoms with Gasteiger partial charge in [-0.1, -0.05) is 18.2 Å². The number of hydrogen-bond acceptors (Lipinski definition) is 4. The third-order valence-corrected chi connectivity index (χ3v) is 6.10. The zero-order valence-corrected chi connectivity index (χ0v) is 17.2. The van der Waals surface area contributed by atoms with Crippen LogP contribution in [-0.4, -0.2) is 43.4 Å². The number of hydrogen-bond donors (Lipinski definition) is 1. The van der Waals surface area contributed by atoms with Gasteiger partial charge in [0.1, 0.15) is 0 Å². The highest BCUT2D eigenvalue weighted by atomic mass is 16.2. The highest BCUT2D eigenvalue weighted by molar-refractivity contribution is 5.97. The van der Waals surface area contributed by atoms with E-state index in [9.17, 15) is 10.1 Å². The summed E-state index contributed by atoms with van der Waals surface area (Å²) in [5.74, 6) is 0.243. The van der Waals surface area contributed by atoms with E-state index in [0.717, 1.165) is 35.0 Å². The lowest BCUT2D eigenvalue weighted by Gasteiger charge is -2.22. The summed E-state index contributed by atoms with van der Waals surface area (Å²) >= 11 is 0. The third kappa shape index (κ3) is 3.46. The van der Waals surface area contributed by atoms with Crippen molar-refractivity contribution in [2.24, 2.45) is 5.92 Å². The number of aromatic amines is 1. The molecule has 0 saturated carbocycles. The largest absolute Gasteiger partial charge is 0.336 e. The van der Waals surface area contributed by atoms with Gasteiger partial charge in [0.25, 0.3) is 5.91 Å². The fourth-order valence-electron chi connectivity index (χ4n) is 4.54. The number of carbonyl (C=O) groups is 1. The summed E-state index contributed by atoms with van der Waals surface area (Å²) in [6, 6.07) is 15.6. The minimum atomic E-state index is -0.0674. The number of fused-ring (bicyclic) bond motifs is 1. The van der Waals surface area contributed by atoms with Crippen LogP contribution in [0, 0.1) is 17.2 Å². The van der Waals surface area contributed by atoms with Crippen LogP contribution in [-0.2, 0) is 6.54 Å². The number of amides is 1. The molecule has 0 spiro atoms. The van der Waals surface area contributed by atoms with Crippen LogP contribution >= 0.6 is 0 Å². The van der Waals surface area contributed by atoms with Gasteiger partial charge in [-0.2, -0.15) is 15.5 Å². The minimum absolute atomic E-state index is 0.0674. The van der Waals surface area contributed by atoms with Crippen LogP contribution < -0.4 is 0 Å². The average Bonchev–Trinajstić information content (AvgIpc) is 3.54. The zero-order chi connectivity index (χ0) is 21.4. The number of aromatic nitrogens is 4. The Kier molecular flexibility index (Phi) is 4.75. The number of benzene rings is 2. The second kappa shape index (κ2) is 7.73. The second-order valence-electron chi connectivity index (χ2n) is 8.15. The summed E-state index contributed by atoms with van der Waals surface area (Å²) in [4.78, 5) is 15.0. The van der Waals surface area contributed by atoms with Crippen molar-refractivity contribution in [2.45, 2.75) is 25.9 Å². The van der Waals surface area contributed by atoms with Crippen LogP contribution in [0.4, 0.5) is 0 Å². The van der Waals surface area contributed by atoms with Crippen LogP contribution in [0.25, 0.3) is 22.0 Å². The van der Waals surface area contributed by atoms with Crippen LogP contribution in [0.5, 0.6) is 0 Å². The van der Waals surface area contributed by atoms with Gasteiger partial charge in [-0.3, -0.25) is 14.6 Å². The molecular weight excluding hydrogens is 388 g/mol. The fourth-order valence-corrected chi connectivity index (χ4v) is 4.54. The summed E-state index contributed by atoms with van der Waals surface area (Å²) in [5.41, 5.74) is 4.14. The molecule has 0 aliphatic carbocycles. The first-order chi connectivity index (χ1) is 15.1. The average molecular weight is 410 g/mol. The Bertz CT molecular complexity index is 1280. The first kappa shape index (κ1) is 19.1. The lowest BCUT2D eigenvalue weighted by atomic mass is 10.1.